The molecule has 0 bridgehead atoms. The van der Waals surface area contributed by atoms with Gasteiger partial charge in [0, 0.05) is 25.2 Å². The van der Waals surface area contributed by atoms with Crippen LogP contribution < -0.4 is 5.32 Å². The van der Waals surface area contributed by atoms with Crippen molar-refractivity contribution < 1.29 is 5.11 Å². The van der Waals surface area contributed by atoms with Crippen LogP contribution in [0.2, 0.25) is 0 Å². The third-order valence-electron chi connectivity index (χ3n) is 5.46. The van der Waals surface area contributed by atoms with E-state index in [4.69, 9.17) is 0 Å². The van der Waals surface area contributed by atoms with Crippen molar-refractivity contribution in [1.29, 1.82) is 0 Å². The Balaban J connectivity index is 1.68. The average molecular weight is 288 g/mol. The summed E-state index contributed by atoms with van der Waals surface area (Å²) in [7, 11) is 0. The van der Waals surface area contributed by atoms with Crippen LogP contribution in [0.3, 0.4) is 0 Å². The highest BCUT2D eigenvalue weighted by atomic mass is 16.3. The maximum Gasteiger partial charge on any atom is 0.0963 e. The fourth-order valence-electron chi connectivity index (χ4n) is 4.00. The molecule has 21 heavy (non-hydrogen) atoms. The quantitative estimate of drug-likeness (QED) is 0.897. The van der Waals surface area contributed by atoms with E-state index in [0.717, 1.165) is 32.5 Å². The van der Waals surface area contributed by atoms with Crippen LogP contribution in [-0.4, -0.2) is 40.8 Å². The normalized spacial score (nSPS) is 34.8. The molecule has 2 aliphatic rings. The molecule has 2 fully saturated rings. The Bertz CT molecular complexity index is 442. The van der Waals surface area contributed by atoms with Crippen molar-refractivity contribution in [2.75, 3.05) is 13.1 Å². The van der Waals surface area contributed by atoms with Crippen LogP contribution in [0.15, 0.2) is 30.3 Å². The minimum atomic E-state index is -0.570. The molecular formula is C18H28N2O. The van der Waals surface area contributed by atoms with Crippen molar-refractivity contribution in [1.82, 2.24) is 10.2 Å². The van der Waals surface area contributed by atoms with Crippen LogP contribution in [0.4, 0.5) is 0 Å². The highest BCUT2D eigenvalue weighted by molar-refractivity contribution is 5.16. The van der Waals surface area contributed by atoms with Gasteiger partial charge < -0.3 is 10.4 Å². The molecule has 3 unspecified atom stereocenters. The number of hydrogen-bond acceptors (Lipinski definition) is 3. The van der Waals surface area contributed by atoms with Gasteiger partial charge in [0.25, 0.3) is 0 Å². The summed E-state index contributed by atoms with van der Waals surface area (Å²) in [6.45, 7) is 5.18. The first-order valence-electron chi connectivity index (χ1n) is 8.44. The number of hydrogen-bond donors (Lipinski definition) is 2. The Labute approximate surface area is 128 Å². The van der Waals surface area contributed by atoms with E-state index in [1.165, 1.54) is 24.8 Å². The maximum absolute atomic E-state index is 11.3. The molecular weight excluding hydrogens is 260 g/mol. The molecule has 2 aliphatic heterocycles. The molecule has 3 heteroatoms. The number of nitrogens with one attached hydrogen (secondary N) is 1. The second-order valence-corrected chi connectivity index (χ2v) is 6.73. The second kappa shape index (κ2) is 6.47. The lowest BCUT2D eigenvalue weighted by atomic mass is 9.84. The third kappa shape index (κ3) is 3.15. The summed E-state index contributed by atoms with van der Waals surface area (Å²) in [5, 5.41) is 14.9. The summed E-state index contributed by atoms with van der Waals surface area (Å²) in [4.78, 5) is 2.43. The molecule has 1 aromatic carbocycles. The Hall–Kier alpha value is -0.900. The van der Waals surface area contributed by atoms with Gasteiger partial charge >= 0.3 is 0 Å². The third-order valence-corrected chi connectivity index (χ3v) is 5.46. The molecule has 0 saturated carbocycles. The molecule has 116 valence electrons. The molecule has 0 amide bonds. The highest BCUT2D eigenvalue weighted by Gasteiger charge is 2.48. The van der Waals surface area contributed by atoms with E-state index < -0.39 is 5.60 Å². The standard InChI is InChI=1S/C18H28N2O/c1-15-18(21,17-10-6-3-7-12-19-17)11-13-20(15)14-16-8-4-2-5-9-16/h2,4-5,8-9,15,17,19,21H,3,6-7,10-14H2,1H3. The molecule has 0 aromatic heterocycles. The summed E-state index contributed by atoms with van der Waals surface area (Å²) in [6.07, 6.45) is 5.78. The number of likely N-dealkylation sites (tertiary alicyclic amines) is 1. The lowest BCUT2D eigenvalue weighted by molar-refractivity contribution is -0.0255. The highest BCUT2D eigenvalue weighted by Crippen LogP contribution is 2.35. The van der Waals surface area contributed by atoms with Gasteiger partial charge in [-0.05, 0) is 38.3 Å². The molecule has 2 N–H and O–H groups in total. The molecule has 0 radical (unpaired) electrons. The largest absolute Gasteiger partial charge is 0.387 e. The minimum absolute atomic E-state index is 0.216. The summed E-state index contributed by atoms with van der Waals surface area (Å²) >= 11 is 0. The van der Waals surface area contributed by atoms with Gasteiger partial charge in [0.15, 0.2) is 0 Å². The van der Waals surface area contributed by atoms with E-state index in [2.05, 4.69) is 47.5 Å². The van der Waals surface area contributed by atoms with Gasteiger partial charge in [0.2, 0.25) is 0 Å². The molecule has 3 nitrogen and oxygen atoms in total. The molecule has 0 spiro atoms. The zero-order chi connectivity index (χ0) is 14.7. The Morgan fingerprint density at radius 3 is 2.86 bits per heavy atom. The van der Waals surface area contributed by atoms with Gasteiger partial charge in [-0.1, -0.05) is 43.2 Å². The minimum Gasteiger partial charge on any atom is -0.387 e. The summed E-state index contributed by atoms with van der Waals surface area (Å²) in [6, 6.07) is 11.1. The van der Waals surface area contributed by atoms with E-state index in [9.17, 15) is 5.11 Å². The molecule has 1 aromatic rings. The van der Waals surface area contributed by atoms with E-state index in [0.29, 0.717) is 0 Å². The fraction of sp³-hybridized carbons (Fsp3) is 0.667. The topological polar surface area (TPSA) is 35.5 Å². The van der Waals surface area contributed by atoms with Crippen LogP contribution in [0.25, 0.3) is 0 Å². The molecule has 3 atom stereocenters. The van der Waals surface area contributed by atoms with Crippen molar-refractivity contribution in [2.45, 2.75) is 63.3 Å². The second-order valence-electron chi connectivity index (χ2n) is 6.73. The van der Waals surface area contributed by atoms with Gasteiger partial charge in [0.1, 0.15) is 0 Å². The zero-order valence-corrected chi connectivity index (χ0v) is 13.1. The van der Waals surface area contributed by atoms with Crippen LogP contribution >= 0.6 is 0 Å². The van der Waals surface area contributed by atoms with Crippen molar-refractivity contribution in [3.05, 3.63) is 35.9 Å². The van der Waals surface area contributed by atoms with Gasteiger partial charge in [-0.2, -0.15) is 0 Å². The SMILES string of the molecule is CC1N(Cc2ccccc2)CCC1(O)C1CCCCCN1. The molecule has 0 aliphatic carbocycles. The maximum atomic E-state index is 11.3. The van der Waals surface area contributed by atoms with Gasteiger partial charge in [-0.15, -0.1) is 0 Å². The molecule has 3 rings (SSSR count). The monoisotopic (exact) mass is 288 g/mol. The van der Waals surface area contributed by atoms with Crippen molar-refractivity contribution in [3.63, 3.8) is 0 Å². The van der Waals surface area contributed by atoms with Crippen LogP contribution in [0.5, 0.6) is 0 Å². The van der Waals surface area contributed by atoms with Crippen molar-refractivity contribution in [2.24, 2.45) is 0 Å². The zero-order valence-electron chi connectivity index (χ0n) is 13.1. The first-order chi connectivity index (χ1) is 10.2. The smallest absolute Gasteiger partial charge is 0.0963 e. The number of aliphatic hydroxyl groups is 1. The summed E-state index contributed by atoms with van der Waals surface area (Å²) in [5.74, 6) is 0. The lowest BCUT2D eigenvalue weighted by Gasteiger charge is -2.38. The number of nitrogens with zero attached hydrogens (tertiary/aromatic N) is 1. The predicted octanol–water partition coefficient (Wildman–Crippen LogP) is 2.54. The summed E-state index contributed by atoms with van der Waals surface area (Å²) < 4.78 is 0. The Morgan fingerprint density at radius 1 is 1.24 bits per heavy atom. The van der Waals surface area contributed by atoms with Crippen LogP contribution in [0, 0.1) is 0 Å². The predicted molar refractivity (Wildman–Crippen MR) is 86.1 cm³/mol. The van der Waals surface area contributed by atoms with Gasteiger partial charge in [-0.3, -0.25) is 4.90 Å². The summed E-state index contributed by atoms with van der Waals surface area (Å²) in [5.41, 5.74) is 0.765. The van der Waals surface area contributed by atoms with Crippen LogP contribution in [-0.2, 0) is 6.54 Å². The average Bonchev–Trinajstić information content (AvgIpc) is 2.74. The first-order valence-corrected chi connectivity index (χ1v) is 8.44. The first kappa shape index (κ1) is 15.0. The fourth-order valence-corrected chi connectivity index (χ4v) is 4.00. The van der Waals surface area contributed by atoms with Crippen LogP contribution in [0.1, 0.15) is 44.6 Å². The van der Waals surface area contributed by atoms with Gasteiger partial charge in [-0.25, -0.2) is 0 Å². The van der Waals surface area contributed by atoms with E-state index in [1.807, 2.05) is 0 Å². The van der Waals surface area contributed by atoms with E-state index >= 15 is 0 Å². The van der Waals surface area contributed by atoms with E-state index in [1.54, 1.807) is 0 Å². The Kier molecular flexibility index (Phi) is 4.63. The number of rotatable bonds is 3. The van der Waals surface area contributed by atoms with Crippen molar-refractivity contribution in [3.8, 4) is 0 Å². The van der Waals surface area contributed by atoms with Crippen molar-refractivity contribution >= 4 is 0 Å². The van der Waals surface area contributed by atoms with E-state index in [-0.39, 0.29) is 12.1 Å². The van der Waals surface area contributed by atoms with Gasteiger partial charge in [0.05, 0.1) is 5.60 Å². The number of benzene rings is 1. The molecule has 2 heterocycles. The molecule has 2 saturated heterocycles. The Morgan fingerprint density at radius 2 is 2.05 bits per heavy atom. The lowest BCUT2D eigenvalue weighted by Crippen LogP contribution is -2.56.